The number of halogens is 1. The summed E-state index contributed by atoms with van der Waals surface area (Å²) in [6, 6.07) is 10.4. The van der Waals surface area contributed by atoms with Crippen molar-refractivity contribution in [1.29, 1.82) is 0 Å². The molecule has 0 amide bonds. The molecule has 4 nitrogen and oxygen atoms in total. The van der Waals surface area contributed by atoms with E-state index in [4.69, 9.17) is 16.6 Å². The van der Waals surface area contributed by atoms with Crippen molar-refractivity contribution in [2.45, 2.75) is 18.5 Å². The number of rotatable bonds is 1. The first kappa shape index (κ1) is 14.8. The van der Waals surface area contributed by atoms with E-state index in [1.807, 2.05) is 12.1 Å². The lowest BCUT2D eigenvalue weighted by Gasteiger charge is -2.42. The Labute approximate surface area is 150 Å². The Bertz CT molecular complexity index is 917. The lowest BCUT2D eigenvalue weighted by molar-refractivity contribution is 0.256. The second-order valence-electron chi connectivity index (χ2n) is 7.05. The molecule has 3 aromatic rings. The number of likely N-dealkylation sites (tertiary alicyclic amines) is 1. The molecule has 1 fully saturated rings. The van der Waals surface area contributed by atoms with Gasteiger partial charge in [-0.25, -0.2) is 4.98 Å². The Hall–Kier alpha value is -1.56. The molecule has 124 valence electrons. The maximum Gasteiger partial charge on any atom is 0.186 e. The van der Waals surface area contributed by atoms with Crippen LogP contribution >= 0.6 is 22.9 Å². The van der Waals surface area contributed by atoms with Crippen molar-refractivity contribution in [3.05, 3.63) is 47.2 Å². The minimum atomic E-state index is 0.168. The molecular weight excluding hydrogens is 340 g/mol. The van der Waals surface area contributed by atoms with Gasteiger partial charge in [0.1, 0.15) is 0 Å². The Morgan fingerprint density at radius 3 is 3.00 bits per heavy atom. The molecule has 1 spiro atoms. The summed E-state index contributed by atoms with van der Waals surface area (Å²) in [6.45, 7) is 4.20. The molecule has 0 aliphatic carbocycles. The second-order valence-corrected chi connectivity index (χ2v) is 8.49. The van der Waals surface area contributed by atoms with Crippen LogP contribution in [-0.4, -0.2) is 41.1 Å². The highest BCUT2D eigenvalue weighted by atomic mass is 35.5. The maximum atomic E-state index is 6.12. The standard InChI is InChI=1S/C18H19ClN4S/c1-21-8-6-18(11-21)12-22(10-14-3-2-7-23(14)18)17-20-15-9-13(19)4-5-16(15)24-17/h2-5,7,9H,6,8,10-12H2,1H3. The number of fused-ring (bicyclic) bond motifs is 3. The summed E-state index contributed by atoms with van der Waals surface area (Å²) in [6.07, 6.45) is 3.45. The van der Waals surface area contributed by atoms with Gasteiger partial charge in [0.15, 0.2) is 5.13 Å². The van der Waals surface area contributed by atoms with Gasteiger partial charge in [-0.2, -0.15) is 0 Å². The van der Waals surface area contributed by atoms with Gasteiger partial charge in [-0.15, -0.1) is 0 Å². The molecule has 0 radical (unpaired) electrons. The number of hydrogen-bond donors (Lipinski definition) is 0. The first-order valence-electron chi connectivity index (χ1n) is 8.29. The fourth-order valence-electron chi connectivity index (χ4n) is 4.23. The van der Waals surface area contributed by atoms with E-state index in [0.717, 1.165) is 41.8 Å². The summed E-state index contributed by atoms with van der Waals surface area (Å²) in [7, 11) is 2.22. The van der Waals surface area contributed by atoms with Gasteiger partial charge in [-0.1, -0.05) is 22.9 Å². The predicted molar refractivity (Wildman–Crippen MR) is 100 cm³/mol. The molecule has 1 aromatic carbocycles. The van der Waals surface area contributed by atoms with Crippen LogP contribution in [0.5, 0.6) is 0 Å². The van der Waals surface area contributed by atoms with Crippen LogP contribution in [0.1, 0.15) is 12.1 Å². The van der Waals surface area contributed by atoms with Crippen LogP contribution in [0.3, 0.4) is 0 Å². The van der Waals surface area contributed by atoms with Gasteiger partial charge in [-0.3, -0.25) is 0 Å². The molecule has 2 aliphatic rings. The first-order chi connectivity index (χ1) is 11.6. The van der Waals surface area contributed by atoms with Gasteiger partial charge in [0.25, 0.3) is 0 Å². The Balaban J connectivity index is 1.57. The zero-order chi connectivity index (χ0) is 16.3. The van der Waals surface area contributed by atoms with Crippen molar-refractivity contribution in [3.63, 3.8) is 0 Å². The van der Waals surface area contributed by atoms with E-state index < -0.39 is 0 Å². The highest BCUT2D eigenvalue weighted by Crippen LogP contribution is 2.39. The monoisotopic (exact) mass is 358 g/mol. The van der Waals surface area contributed by atoms with E-state index in [0.29, 0.717) is 0 Å². The van der Waals surface area contributed by atoms with E-state index in [1.54, 1.807) is 11.3 Å². The van der Waals surface area contributed by atoms with Crippen LogP contribution in [0.25, 0.3) is 10.2 Å². The van der Waals surface area contributed by atoms with E-state index in [-0.39, 0.29) is 5.54 Å². The first-order valence-corrected chi connectivity index (χ1v) is 9.49. The number of nitrogens with zero attached hydrogens (tertiary/aromatic N) is 4. The van der Waals surface area contributed by atoms with Crippen molar-refractivity contribution in [2.24, 2.45) is 0 Å². The molecule has 1 unspecified atom stereocenters. The normalized spacial score (nSPS) is 24.2. The number of likely N-dealkylation sites (N-methyl/N-ethyl adjacent to an activating group) is 1. The lowest BCUT2D eigenvalue weighted by Crippen LogP contribution is -2.51. The number of anilines is 1. The minimum absolute atomic E-state index is 0.168. The topological polar surface area (TPSA) is 24.3 Å². The molecule has 2 aliphatic heterocycles. The van der Waals surface area contributed by atoms with Gasteiger partial charge in [0.05, 0.1) is 22.3 Å². The molecule has 1 atom stereocenters. The Morgan fingerprint density at radius 1 is 1.25 bits per heavy atom. The Kier molecular flexibility index (Phi) is 3.21. The molecule has 0 N–H and O–H groups in total. The van der Waals surface area contributed by atoms with Crippen LogP contribution in [0.2, 0.25) is 5.02 Å². The van der Waals surface area contributed by atoms with Crippen molar-refractivity contribution >= 4 is 38.3 Å². The molecule has 5 rings (SSSR count). The van der Waals surface area contributed by atoms with Gasteiger partial charge < -0.3 is 14.4 Å². The fraction of sp³-hybridized carbons (Fsp3) is 0.389. The average Bonchev–Trinajstić information content (AvgIpc) is 3.25. The summed E-state index contributed by atoms with van der Waals surface area (Å²) in [5.74, 6) is 0. The number of hydrogen-bond acceptors (Lipinski definition) is 4. The van der Waals surface area contributed by atoms with Crippen LogP contribution < -0.4 is 4.90 Å². The summed E-state index contributed by atoms with van der Waals surface area (Å²) in [5.41, 5.74) is 2.55. The molecule has 6 heteroatoms. The Morgan fingerprint density at radius 2 is 2.17 bits per heavy atom. The summed E-state index contributed by atoms with van der Waals surface area (Å²) < 4.78 is 3.71. The number of aromatic nitrogens is 2. The third kappa shape index (κ3) is 2.19. The zero-order valence-corrected chi connectivity index (χ0v) is 15.1. The molecule has 24 heavy (non-hydrogen) atoms. The maximum absolute atomic E-state index is 6.12. The number of benzene rings is 1. The highest BCUT2D eigenvalue weighted by molar-refractivity contribution is 7.22. The van der Waals surface area contributed by atoms with E-state index in [9.17, 15) is 0 Å². The largest absolute Gasteiger partial charge is 0.341 e. The fourth-order valence-corrected chi connectivity index (χ4v) is 5.35. The van der Waals surface area contributed by atoms with Gasteiger partial charge in [-0.05, 0) is 43.8 Å². The summed E-state index contributed by atoms with van der Waals surface area (Å²) >= 11 is 7.89. The van der Waals surface area contributed by atoms with Crippen LogP contribution in [0, 0.1) is 0 Å². The van der Waals surface area contributed by atoms with Crippen LogP contribution in [0.4, 0.5) is 5.13 Å². The second kappa shape index (κ2) is 5.22. The SMILES string of the molecule is CN1CCC2(C1)CN(c1nc3cc(Cl)ccc3s1)Cc1cccn12. The lowest BCUT2D eigenvalue weighted by atomic mass is 9.94. The van der Waals surface area contributed by atoms with Crippen molar-refractivity contribution in [1.82, 2.24) is 14.5 Å². The molecule has 1 saturated heterocycles. The molecule has 4 heterocycles. The van der Waals surface area contributed by atoms with E-state index in [2.05, 4.69) is 45.8 Å². The van der Waals surface area contributed by atoms with Crippen LogP contribution in [-0.2, 0) is 12.1 Å². The van der Waals surface area contributed by atoms with E-state index in [1.165, 1.54) is 16.8 Å². The number of thiazole rings is 1. The predicted octanol–water partition coefficient (Wildman–Crippen LogP) is 3.80. The molecular formula is C18H19ClN4S. The highest BCUT2D eigenvalue weighted by Gasteiger charge is 2.43. The van der Waals surface area contributed by atoms with Crippen molar-refractivity contribution in [3.8, 4) is 0 Å². The molecule has 0 bridgehead atoms. The molecule has 2 aromatic heterocycles. The zero-order valence-electron chi connectivity index (χ0n) is 13.6. The minimum Gasteiger partial charge on any atom is -0.341 e. The third-order valence-corrected chi connectivity index (χ3v) is 6.65. The van der Waals surface area contributed by atoms with Gasteiger partial charge >= 0.3 is 0 Å². The smallest absolute Gasteiger partial charge is 0.186 e. The average molecular weight is 359 g/mol. The summed E-state index contributed by atoms with van der Waals surface area (Å²) in [5, 5.41) is 1.86. The van der Waals surface area contributed by atoms with Crippen LogP contribution in [0.15, 0.2) is 36.5 Å². The summed E-state index contributed by atoms with van der Waals surface area (Å²) in [4.78, 5) is 9.75. The van der Waals surface area contributed by atoms with Gasteiger partial charge in [0, 0.05) is 36.5 Å². The van der Waals surface area contributed by atoms with Crippen molar-refractivity contribution < 1.29 is 0 Å². The third-order valence-electron chi connectivity index (χ3n) is 5.31. The van der Waals surface area contributed by atoms with E-state index >= 15 is 0 Å². The van der Waals surface area contributed by atoms with Gasteiger partial charge in [0.2, 0.25) is 0 Å². The quantitative estimate of drug-likeness (QED) is 0.661. The van der Waals surface area contributed by atoms with Crippen molar-refractivity contribution in [2.75, 3.05) is 31.6 Å². The molecule has 0 saturated carbocycles.